The summed E-state index contributed by atoms with van der Waals surface area (Å²) >= 11 is 0. The minimum absolute atomic E-state index is 0.0878. The molecule has 13 heteroatoms. The molecule has 1 heterocycles. The van der Waals surface area contributed by atoms with Gasteiger partial charge in [-0.05, 0) is 47.5 Å². The van der Waals surface area contributed by atoms with E-state index in [1.54, 1.807) is 0 Å². The number of nitrogens with zero attached hydrogens (tertiary/aromatic N) is 3. The molecule has 36 heavy (non-hydrogen) atoms. The summed E-state index contributed by atoms with van der Waals surface area (Å²) in [4.78, 5) is 28.3. The molecule has 2 N–H and O–H groups in total. The third kappa shape index (κ3) is 7.22. The summed E-state index contributed by atoms with van der Waals surface area (Å²) < 4.78 is 76.6. The molecule has 0 atom stereocenters. The lowest BCUT2D eigenvalue weighted by molar-refractivity contribution is -0.138. The minimum Gasteiger partial charge on any atom is -0.266 e. The zero-order valence-electron chi connectivity index (χ0n) is 17.9. The van der Waals surface area contributed by atoms with Crippen LogP contribution in [0, 0.1) is 0 Å². The summed E-state index contributed by atoms with van der Waals surface area (Å²) in [5.41, 5.74) is 2.13. The van der Waals surface area contributed by atoms with Crippen LogP contribution in [0.2, 0.25) is 0 Å². The number of hydrazone groups is 2. The van der Waals surface area contributed by atoms with Crippen LogP contribution >= 0.6 is 0 Å². The van der Waals surface area contributed by atoms with Crippen LogP contribution in [0.5, 0.6) is 0 Å². The van der Waals surface area contributed by atoms with Crippen LogP contribution in [0.4, 0.5) is 26.3 Å². The highest BCUT2D eigenvalue weighted by Gasteiger charge is 2.31. The van der Waals surface area contributed by atoms with Crippen LogP contribution in [0.3, 0.4) is 0 Å². The Labute approximate surface area is 199 Å². The van der Waals surface area contributed by atoms with E-state index in [0.717, 1.165) is 36.7 Å². The Morgan fingerprint density at radius 2 is 1.06 bits per heavy atom. The van der Waals surface area contributed by atoms with Gasteiger partial charge in [-0.2, -0.15) is 36.5 Å². The van der Waals surface area contributed by atoms with Crippen molar-refractivity contribution < 1.29 is 35.9 Å². The molecule has 0 bridgehead atoms. The van der Waals surface area contributed by atoms with E-state index in [0.29, 0.717) is 0 Å². The largest absolute Gasteiger partial charge is 0.416 e. The first-order chi connectivity index (χ1) is 16.9. The highest BCUT2D eigenvalue weighted by molar-refractivity contribution is 5.97. The van der Waals surface area contributed by atoms with Crippen molar-refractivity contribution in [2.24, 2.45) is 10.2 Å². The Kier molecular flexibility index (Phi) is 7.82. The lowest BCUT2D eigenvalue weighted by Crippen LogP contribution is -2.23. The Bertz CT molecular complexity index is 1220. The molecule has 0 unspecified atom stereocenters. The molecule has 1 aromatic heterocycles. The molecule has 3 aromatic rings. The van der Waals surface area contributed by atoms with E-state index in [9.17, 15) is 35.9 Å². The van der Waals surface area contributed by atoms with Crippen molar-refractivity contribution in [1.29, 1.82) is 0 Å². The average molecular weight is 507 g/mol. The van der Waals surface area contributed by atoms with Crippen LogP contribution in [0.15, 0.2) is 76.9 Å². The molecule has 3 rings (SSSR count). The summed E-state index contributed by atoms with van der Waals surface area (Å²) in [6.07, 6.45) is -7.05. The number of nitrogens with one attached hydrogen (secondary N) is 2. The predicted molar refractivity (Wildman–Crippen MR) is 117 cm³/mol. The van der Waals surface area contributed by atoms with E-state index >= 15 is 0 Å². The van der Waals surface area contributed by atoms with Crippen molar-refractivity contribution in [1.82, 2.24) is 15.8 Å². The number of benzene rings is 2. The molecule has 0 aliphatic carbocycles. The highest BCUT2D eigenvalue weighted by atomic mass is 19.4. The molecule has 0 aliphatic heterocycles. The van der Waals surface area contributed by atoms with Gasteiger partial charge in [-0.1, -0.05) is 30.3 Å². The first-order valence-corrected chi connectivity index (χ1v) is 9.92. The Balaban J connectivity index is 1.61. The summed E-state index contributed by atoms with van der Waals surface area (Å²) in [5, 5.41) is 7.17. The van der Waals surface area contributed by atoms with Gasteiger partial charge in [0.25, 0.3) is 11.8 Å². The van der Waals surface area contributed by atoms with E-state index < -0.39 is 35.3 Å². The van der Waals surface area contributed by atoms with Crippen molar-refractivity contribution in [2.75, 3.05) is 0 Å². The van der Waals surface area contributed by atoms with Crippen LogP contribution in [0.25, 0.3) is 0 Å². The average Bonchev–Trinajstić information content (AvgIpc) is 2.83. The van der Waals surface area contributed by atoms with Gasteiger partial charge in [0, 0.05) is 0 Å². The molecule has 0 saturated carbocycles. The number of alkyl halides is 6. The number of pyridine rings is 1. The maximum Gasteiger partial charge on any atom is 0.416 e. The summed E-state index contributed by atoms with van der Waals surface area (Å²) in [7, 11) is 0. The van der Waals surface area contributed by atoms with Gasteiger partial charge in [-0.3, -0.25) is 9.59 Å². The van der Waals surface area contributed by atoms with Crippen molar-refractivity contribution in [2.45, 2.75) is 12.4 Å². The number of halogens is 6. The zero-order valence-corrected chi connectivity index (χ0v) is 17.9. The van der Waals surface area contributed by atoms with Gasteiger partial charge in [0.2, 0.25) is 0 Å². The fourth-order valence-corrected chi connectivity index (χ4v) is 2.72. The van der Waals surface area contributed by atoms with Crippen molar-refractivity contribution in [3.05, 3.63) is 100 Å². The normalized spacial score (nSPS) is 12.2. The third-order valence-electron chi connectivity index (χ3n) is 4.40. The lowest BCUT2D eigenvalue weighted by atomic mass is 10.1. The number of hydrogen-bond acceptors (Lipinski definition) is 5. The van der Waals surface area contributed by atoms with E-state index in [-0.39, 0.29) is 22.5 Å². The first kappa shape index (κ1) is 26.1. The summed E-state index contributed by atoms with van der Waals surface area (Å²) in [6, 6.07) is 12.4. The quantitative estimate of drug-likeness (QED) is 0.289. The van der Waals surface area contributed by atoms with Crippen LogP contribution in [-0.2, 0) is 12.4 Å². The summed E-state index contributed by atoms with van der Waals surface area (Å²) in [6.45, 7) is 0. The molecule has 0 fully saturated rings. The maximum atomic E-state index is 12.8. The summed E-state index contributed by atoms with van der Waals surface area (Å²) in [5.74, 6) is -1.69. The van der Waals surface area contributed by atoms with Gasteiger partial charge in [-0.15, -0.1) is 0 Å². The Morgan fingerprint density at radius 3 is 1.44 bits per heavy atom. The second-order valence-corrected chi connectivity index (χ2v) is 7.05. The second-order valence-electron chi connectivity index (χ2n) is 7.05. The van der Waals surface area contributed by atoms with Gasteiger partial charge in [0.1, 0.15) is 11.4 Å². The van der Waals surface area contributed by atoms with Crippen molar-refractivity contribution in [3.63, 3.8) is 0 Å². The van der Waals surface area contributed by atoms with Gasteiger partial charge >= 0.3 is 12.4 Å². The fraction of sp³-hybridized carbons (Fsp3) is 0.0870. The Hall–Kier alpha value is -4.55. The number of carbonyl (C=O) groups excluding carboxylic acids is 2. The monoisotopic (exact) mass is 507 g/mol. The zero-order chi connectivity index (χ0) is 26.3. The smallest absolute Gasteiger partial charge is 0.266 e. The van der Waals surface area contributed by atoms with Gasteiger partial charge in [0.05, 0.1) is 23.6 Å². The van der Waals surface area contributed by atoms with Crippen LogP contribution < -0.4 is 10.9 Å². The lowest BCUT2D eigenvalue weighted by Gasteiger charge is -2.06. The number of carbonyl (C=O) groups is 2. The van der Waals surface area contributed by atoms with E-state index in [4.69, 9.17) is 0 Å². The third-order valence-corrected chi connectivity index (χ3v) is 4.40. The molecular weight excluding hydrogens is 492 g/mol. The fourth-order valence-electron chi connectivity index (χ4n) is 2.72. The second kappa shape index (κ2) is 10.8. The van der Waals surface area contributed by atoms with E-state index in [1.165, 1.54) is 42.5 Å². The van der Waals surface area contributed by atoms with Gasteiger partial charge in [0.15, 0.2) is 0 Å². The maximum absolute atomic E-state index is 12.8. The molecule has 2 aromatic carbocycles. The number of amides is 2. The van der Waals surface area contributed by atoms with Crippen LogP contribution in [-0.4, -0.2) is 29.2 Å². The molecule has 7 nitrogen and oxygen atoms in total. The van der Waals surface area contributed by atoms with Gasteiger partial charge in [-0.25, -0.2) is 15.8 Å². The van der Waals surface area contributed by atoms with E-state index in [2.05, 4.69) is 26.0 Å². The highest BCUT2D eigenvalue weighted by Crippen LogP contribution is 2.30. The standard InChI is InChI=1S/C23H15F6N5O2/c24-22(25,26)16-6-1-4-14(10-16)12-30-33-20(35)18-8-3-9-19(32-18)21(36)34-31-13-15-5-2-7-17(11-15)23(27,28)29/h1-13H,(H,33,35)(H,34,36)/b30-12+,31-13+. The molecule has 0 saturated heterocycles. The Morgan fingerprint density at radius 1 is 0.667 bits per heavy atom. The molecule has 186 valence electrons. The molecule has 0 aliphatic rings. The van der Waals surface area contributed by atoms with Crippen molar-refractivity contribution in [3.8, 4) is 0 Å². The van der Waals surface area contributed by atoms with Crippen molar-refractivity contribution >= 4 is 24.2 Å². The van der Waals surface area contributed by atoms with Gasteiger partial charge < -0.3 is 0 Å². The topological polar surface area (TPSA) is 95.8 Å². The molecule has 2 amide bonds. The SMILES string of the molecule is O=C(N/N=C/c1cccc(C(F)(F)F)c1)c1cccc(C(=O)N/N=C/c2cccc(C(F)(F)F)c2)n1. The minimum atomic E-state index is -4.53. The molecular formula is C23H15F6N5O2. The number of rotatable bonds is 6. The number of aromatic nitrogens is 1. The van der Waals surface area contributed by atoms with E-state index in [1.807, 2.05) is 0 Å². The van der Waals surface area contributed by atoms with Crippen LogP contribution in [0.1, 0.15) is 43.2 Å². The molecule has 0 spiro atoms. The molecule has 0 radical (unpaired) electrons. The first-order valence-electron chi connectivity index (χ1n) is 9.92. The number of hydrogen-bond donors (Lipinski definition) is 2. The predicted octanol–water partition coefficient (Wildman–Crippen LogP) is 4.65.